The second-order valence-corrected chi connectivity index (χ2v) is 7.80. The maximum Gasteiger partial charge on any atom is 0.412 e. The zero-order valence-electron chi connectivity index (χ0n) is 18.4. The lowest BCUT2D eigenvalue weighted by molar-refractivity contribution is 0.155. The number of para-hydroxylation sites is 2. The first-order valence-corrected chi connectivity index (χ1v) is 10.8. The summed E-state index contributed by atoms with van der Waals surface area (Å²) in [6.45, 7) is -0.0561. The molecule has 0 unspecified atom stereocenters. The van der Waals surface area contributed by atoms with E-state index in [1.807, 2.05) is 66.7 Å². The molecule has 4 aromatic carbocycles. The summed E-state index contributed by atoms with van der Waals surface area (Å²) >= 11 is 0. The number of hydrogen-bond acceptors (Lipinski definition) is 5. The lowest BCUT2D eigenvalue weighted by Crippen LogP contribution is -2.15. The number of fused-ring (bicyclic) bond motifs is 2. The number of rotatable bonds is 6. The van der Waals surface area contributed by atoms with Crippen LogP contribution in [0.2, 0.25) is 0 Å². The van der Waals surface area contributed by atoms with Gasteiger partial charge in [-0.3, -0.25) is 10.7 Å². The number of carbonyl (C=O) groups excluding carboxylic acids is 1. The van der Waals surface area contributed by atoms with E-state index in [-0.39, 0.29) is 12.3 Å². The van der Waals surface area contributed by atoms with Crippen molar-refractivity contribution >= 4 is 45.0 Å². The standard InChI is InChI=1S/C27H20F2N4O2/c28-18-12-13-22(29)25(15-18)31-27(34)35-16-17-6-5-7-19(14-17)32-33-26-20-8-1-3-10-23(20)30-24-11-4-2-9-21(24)26/h1-15,32H,16H2,(H,30,33)(H,31,34). The summed E-state index contributed by atoms with van der Waals surface area (Å²) in [4.78, 5) is 16.8. The van der Waals surface area contributed by atoms with Crippen LogP contribution in [0, 0.1) is 11.6 Å². The number of benzene rings is 4. The molecule has 5 rings (SSSR count). The number of ether oxygens (including phenoxy) is 1. The monoisotopic (exact) mass is 470 g/mol. The van der Waals surface area contributed by atoms with Crippen LogP contribution in [0.3, 0.4) is 0 Å². The van der Waals surface area contributed by atoms with Crippen LogP contribution >= 0.6 is 0 Å². The lowest BCUT2D eigenvalue weighted by Gasteiger charge is -2.15. The van der Waals surface area contributed by atoms with E-state index in [0.717, 1.165) is 51.4 Å². The molecule has 0 radical (unpaired) electrons. The first kappa shape index (κ1) is 22.1. The number of pyridine rings is 1. The van der Waals surface area contributed by atoms with E-state index in [2.05, 4.69) is 16.2 Å². The lowest BCUT2D eigenvalue weighted by atomic mass is 10.1. The van der Waals surface area contributed by atoms with Gasteiger partial charge in [0.2, 0.25) is 0 Å². The van der Waals surface area contributed by atoms with Gasteiger partial charge in [-0.2, -0.15) is 0 Å². The van der Waals surface area contributed by atoms with Gasteiger partial charge in [-0.15, -0.1) is 0 Å². The van der Waals surface area contributed by atoms with Gasteiger partial charge in [-0.05, 0) is 42.0 Å². The molecular formula is C27H20F2N4O2. The summed E-state index contributed by atoms with van der Waals surface area (Å²) in [6.07, 6.45) is -0.888. The number of carbonyl (C=O) groups is 1. The minimum absolute atomic E-state index is 0.0561. The van der Waals surface area contributed by atoms with Crippen molar-refractivity contribution in [2.45, 2.75) is 6.61 Å². The van der Waals surface area contributed by atoms with Crippen LogP contribution < -0.4 is 16.2 Å². The first-order valence-electron chi connectivity index (χ1n) is 10.8. The van der Waals surface area contributed by atoms with Gasteiger partial charge in [0.1, 0.15) is 18.2 Å². The highest BCUT2D eigenvalue weighted by Crippen LogP contribution is 2.30. The quantitative estimate of drug-likeness (QED) is 0.187. The molecule has 1 amide bonds. The van der Waals surface area contributed by atoms with E-state index in [1.54, 1.807) is 6.07 Å². The zero-order valence-corrected chi connectivity index (χ0v) is 18.4. The Morgan fingerprint density at radius 2 is 1.51 bits per heavy atom. The van der Waals surface area contributed by atoms with Crippen LogP contribution in [0.15, 0.2) is 91.0 Å². The molecule has 3 N–H and O–H groups in total. The van der Waals surface area contributed by atoms with Gasteiger partial charge in [-0.25, -0.2) is 18.6 Å². The summed E-state index contributed by atoms with van der Waals surface area (Å²) in [5.74, 6) is -1.42. The third-order valence-electron chi connectivity index (χ3n) is 5.38. The molecule has 8 heteroatoms. The van der Waals surface area contributed by atoms with Gasteiger partial charge >= 0.3 is 6.09 Å². The molecule has 1 aromatic heterocycles. The van der Waals surface area contributed by atoms with Crippen LogP contribution in [-0.2, 0) is 11.3 Å². The number of anilines is 3. The molecule has 6 nitrogen and oxygen atoms in total. The molecule has 35 heavy (non-hydrogen) atoms. The summed E-state index contributed by atoms with van der Waals surface area (Å²) in [7, 11) is 0. The summed E-state index contributed by atoms with van der Waals surface area (Å²) in [5, 5.41) is 4.15. The Hall–Kier alpha value is -4.72. The third kappa shape index (κ3) is 4.96. The van der Waals surface area contributed by atoms with Crippen molar-refractivity contribution in [3.63, 3.8) is 0 Å². The van der Waals surface area contributed by atoms with Crippen molar-refractivity contribution in [1.29, 1.82) is 0 Å². The minimum atomic E-state index is -0.888. The van der Waals surface area contributed by atoms with E-state index >= 15 is 0 Å². The largest absolute Gasteiger partial charge is 0.444 e. The fourth-order valence-corrected chi connectivity index (χ4v) is 3.74. The molecule has 0 atom stereocenters. The fraction of sp³-hybridized carbons (Fsp3) is 0.0370. The average molecular weight is 470 g/mol. The molecule has 174 valence electrons. The highest BCUT2D eigenvalue weighted by molar-refractivity contribution is 6.07. The Balaban J connectivity index is 1.28. The predicted molar refractivity (Wildman–Crippen MR) is 133 cm³/mol. The Bertz CT molecular complexity index is 1490. The second-order valence-electron chi connectivity index (χ2n) is 7.80. The highest BCUT2D eigenvalue weighted by Gasteiger charge is 2.11. The average Bonchev–Trinajstić information content (AvgIpc) is 2.88. The van der Waals surface area contributed by atoms with E-state index in [0.29, 0.717) is 5.56 Å². The molecular weight excluding hydrogens is 450 g/mol. The molecule has 0 saturated heterocycles. The minimum Gasteiger partial charge on any atom is -0.444 e. The Kier molecular flexibility index (Phi) is 6.09. The molecule has 5 aromatic rings. The zero-order chi connectivity index (χ0) is 24.2. The second kappa shape index (κ2) is 9.64. The number of nitrogens with one attached hydrogen (secondary N) is 3. The Labute approximate surface area is 199 Å². The van der Waals surface area contributed by atoms with Crippen molar-refractivity contribution in [2.75, 3.05) is 16.2 Å². The van der Waals surface area contributed by atoms with Gasteiger partial charge in [0.05, 0.1) is 28.1 Å². The third-order valence-corrected chi connectivity index (χ3v) is 5.38. The molecule has 1 heterocycles. The highest BCUT2D eigenvalue weighted by atomic mass is 19.1. The normalized spacial score (nSPS) is 10.8. The molecule has 0 fully saturated rings. The molecule has 0 aliphatic carbocycles. The molecule has 0 bridgehead atoms. The number of hydrazine groups is 1. The van der Waals surface area contributed by atoms with Gasteiger partial charge in [0, 0.05) is 16.8 Å². The van der Waals surface area contributed by atoms with E-state index in [9.17, 15) is 13.6 Å². The summed E-state index contributed by atoms with van der Waals surface area (Å²) < 4.78 is 32.2. The SMILES string of the molecule is O=C(Nc1cc(F)ccc1F)OCc1cccc(NNc2c3ccccc3nc3ccccc23)c1. The summed E-state index contributed by atoms with van der Waals surface area (Å²) in [5.41, 5.74) is 10.3. The van der Waals surface area contributed by atoms with Crippen LogP contribution in [0.5, 0.6) is 0 Å². The molecule has 0 aliphatic rings. The van der Waals surface area contributed by atoms with Crippen molar-refractivity contribution < 1.29 is 18.3 Å². The number of hydrogen-bond donors (Lipinski definition) is 3. The number of halogens is 2. The van der Waals surface area contributed by atoms with Crippen molar-refractivity contribution in [2.24, 2.45) is 0 Å². The van der Waals surface area contributed by atoms with Crippen molar-refractivity contribution in [1.82, 2.24) is 4.98 Å². The molecule has 0 aliphatic heterocycles. The van der Waals surface area contributed by atoms with Gasteiger partial charge < -0.3 is 10.2 Å². The Morgan fingerprint density at radius 3 is 2.26 bits per heavy atom. The number of aromatic nitrogens is 1. The van der Waals surface area contributed by atoms with Crippen LogP contribution in [0.1, 0.15) is 5.56 Å². The Morgan fingerprint density at radius 1 is 0.800 bits per heavy atom. The molecule has 0 saturated carbocycles. The van der Waals surface area contributed by atoms with Gasteiger partial charge in [0.15, 0.2) is 0 Å². The fourth-order valence-electron chi connectivity index (χ4n) is 3.74. The van der Waals surface area contributed by atoms with Crippen molar-refractivity contribution in [3.05, 3.63) is 108 Å². The maximum atomic E-state index is 13.7. The summed E-state index contributed by atoms with van der Waals surface area (Å²) in [6, 6.07) is 25.8. The molecule has 0 spiro atoms. The van der Waals surface area contributed by atoms with Crippen molar-refractivity contribution in [3.8, 4) is 0 Å². The van der Waals surface area contributed by atoms with Crippen LogP contribution in [-0.4, -0.2) is 11.1 Å². The smallest absolute Gasteiger partial charge is 0.412 e. The van der Waals surface area contributed by atoms with Gasteiger partial charge in [0.25, 0.3) is 0 Å². The van der Waals surface area contributed by atoms with Crippen LogP contribution in [0.25, 0.3) is 21.8 Å². The van der Waals surface area contributed by atoms with E-state index in [4.69, 9.17) is 9.72 Å². The maximum absolute atomic E-state index is 13.7. The predicted octanol–water partition coefficient (Wildman–Crippen LogP) is 6.85. The van der Waals surface area contributed by atoms with E-state index in [1.165, 1.54) is 0 Å². The van der Waals surface area contributed by atoms with Crippen LogP contribution in [0.4, 0.5) is 30.6 Å². The van der Waals surface area contributed by atoms with E-state index < -0.39 is 17.7 Å². The number of amides is 1. The first-order chi connectivity index (χ1) is 17.1. The van der Waals surface area contributed by atoms with Gasteiger partial charge in [-0.1, -0.05) is 48.5 Å². The number of nitrogens with zero attached hydrogens (tertiary/aromatic N) is 1. The topological polar surface area (TPSA) is 75.3 Å².